The van der Waals surface area contributed by atoms with Gasteiger partial charge in [-0.05, 0) is 54.8 Å². The smallest absolute Gasteiger partial charge is 0.203 e. The van der Waals surface area contributed by atoms with Gasteiger partial charge in [0.05, 0.1) is 27.0 Å². The predicted molar refractivity (Wildman–Crippen MR) is 107 cm³/mol. The number of benzene rings is 2. The van der Waals surface area contributed by atoms with Gasteiger partial charge < -0.3 is 19.1 Å². The van der Waals surface area contributed by atoms with Crippen molar-refractivity contribution in [2.24, 2.45) is 0 Å². The molecule has 6 heteroatoms. The highest BCUT2D eigenvalue weighted by Gasteiger charge is 2.17. The number of ether oxygens (including phenoxy) is 3. The van der Waals surface area contributed by atoms with Crippen LogP contribution >= 0.6 is 0 Å². The first-order valence-corrected chi connectivity index (χ1v) is 9.14. The van der Waals surface area contributed by atoms with Gasteiger partial charge in [0.2, 0.25) is 5.75 Å². The highest BCUT2D eigenvalue weighted by Crippen LogP contribution is 2.38. The molecule has 148 valence electrons. The van der Waals surface area contributed by atoms with E-state index in [4.69, 9.17) is 14.2 Å². The fourth-order valence-corrected chi connectivity index (χ4v) is 3.34. The van der Waals surface area contributed by atoms with Gasteiger partial charge in [-0.1, -0.05) is 6.08 Å². The van der Waals surface area contributed by atoms with E-state index in [9.17, 15) is 9.18 Å². The Kier molecular flexibility index (Phi) is 6.19. The second-order valence-electron chi connectivity index (χ2n) is 6.52. The molecule has 1 saturated heterocycles. The van der Waals surface area contributed by atoms with E-state index in [2.05, 4.69) is 0 Å². The monoisotopic (exact) mass is 385 g/mol. The van der Waals surface area contributed by atoms with Gasteiger partial charge in [-0.25, -0.2) is 4.39 Å². The minimum absolute atomic E-state index is 0.277. The number of allylic oxidation sites excluding steroid dienone is 1. The molecule has 1 aliphatic heterocycles. The lowest BCUT2D eigenvalue weighted by Gasteiger charge is -2.18. The minimum atomic E-state index is -0.367. The predicted octanol–water partition coefficient (Wildman–Crippen LogP) is 4.35. The zero-order valence-corrected chi connectivity index (χ0v) is 16.3. The third-order valence-electron chi connectivity index (χ3n) is 4.79. The first kappa shape index (κ1) is 19.7. The molecule has 3 rings (SSSR count). The molecule has 0 unspecified atom stereocenters. The quantitative estimate of drug-likeness (QED) is 0.524. The van der Waals surface area contributed by atoms with Crippen LogP contribution in [0.2, 0.25) is 0 Å². The lowest BCUT2D eigenvalue weighted by atomic mass is 10.1. The minimum Gasteiger partial charge on any atom is -0.493 e. The zero-order valence-electron chi connectivity index (χ0n) is 16.3. The number of carbonyl (C=O) groups excluding carboxylic acids is 1. The lowest BCUT2D eigenvalue weighted by molar-refractivity contribution is 0.104. The summed E-state index contributed by atoms with van der Waals surface area (Å²) in [7, 11) is 4.58. The number of hydrogen-bond acceptors (Lipinski definition) is 5. The second-order valence-corrected chi connectivity index (χ2v) is 6.52. The van der Waals surface area contributed by atoms with Gasteiger partial charge in [-0.2, -0.15) is 0 Å². The molecule has 0 amide bonds. The van der Waals surface area contributed by atoms with E-state index in [0.717, 1.165) is 25.9 Å². The first-order valence-electron chi connectivity index (χ1n) is 9.14. The van der Waals surface area contributed by atoms with Crippen molar-refractivity contribution in [1.29, 1.82) is 0 Å². The summed E-state index contributed by atoms with van der Waals surface area (Å²) in [5, 5.41) is 0. The summed E-state index contributed by atoms with van der Waals surface area (Å²) in [4.78, 5) is 14.5. The van der Waals surface area contributed by atoms with Crippen LogP contribution in [0.15, 0.2) is 36.4 Å². The molecule has 0 spiro atoms. The summed E-state index contributed by atoms with van der Waals surface area (Å²) in [6.07, 6.45) is 5.18. The van der Waals surface area contributed by atoms with Crippen LogP contribution in [0.5, 0.6) is 17.2 Å². The van der Waals surface area contributed by atoms with E-state index in [1.165, 1.54) is 33.5 Å². The number of carbonyl (C=O) groups is 1. The molecular weight excluding hydrogens is 361 g/mol. The summed E-state index contributed by atoms with van der Waals surface area (Å²) in [6.45, 7) is 1.70. The van der Waals surface area contributed by atoms with E-state index in [-0.39, 0.29) is 11.6 Å². The largest absolute Gasteiger partial charge is 0.493 e. The van der Waals surface area contributed by atoms with Crippen LogP contribution in [0.25, 0.3) is 6.08 Å². The Morgan fingerprint density at radius 2 is 1.64 bits per heavy atom. The molecule has 0 atom stereocenters. The summed E-state index contributed by atoms with van der Waals surface area (Å²) in [5.41, 5.74) is 1.57. The summed E-state index contributed by atoms with van der Waals surface area (Å²) < 4.78 is 30.4. The maximum Gasteiger partial charge on any atom is 0.203 e. The summed E-state index contributed by atoms with van der Waals surface area (Å²) >= 11 is 0. The van der Waals surface area contributed by atoms with Gasteiger partial charge in [0.25, 0.3) is 0 Å². The molecule has 2 aromatic carbocycles. The second kappa shape index (κ2) is 8.78. The number of anilines is 1. The van der Waals surface area contributed by atoms with Crippen LogP contribution in [0, 0.1) is 5.82 Å². The van der Waals surface area contributed by atoms with Crippen LogP contribution in [0.3, 0.4) is 0 Å². The van der Waals surface area contributed by atoms with Gasteiger partial charge in [0.15, 0.2) is 17.3 Å². The number of rotatable bonds is 7. The fraction of sp³-hybridized carbons (Fsp3) is 0.318. The van der Waals surface area contributed by atoms with Crippen LogP contribution in [-0.2, 0) is 0 Å². The number of hydrogen-bond donors (Lipinski definition) is 0. The summed E-state index contributed by atoms with van der Waals surface area (Å²) in [6, 6.07) is 8.12. The molecule has 2 aromatic rings. The van der Waals surface area contributed by atoms with Gasteiger partial charge >= 0.3 is 0 Å². The molecule has 5 nitrogen and oxygen atoms in total. The molecule has 0 saturated carbocycles. The van der Waals surface area contributed by atoms with Crippen molar-refractivity contribution in [3.8, 4) is 17.2 Å². The molecule has 1 heterocycles. The molecule has 0 N–H and O–H groups in total. The van der Waals surface area contributed by atoms with Crippen molar-refractivity contribution < 1.29 is 23.4 Å². The molecule has 1 aliphatic rings. The topological polar surface area (TPSA) is 48.0 Å². The molecule has 0 aliphatic carbocycles. The Bertz CT molecular complexity index is 863. The van der Waals surface area contributed by atoms with Crippen molar-refractivity contribution in [3.63, 3.8) is 0 Å². The van der Waals surface area contributed by atoms with Crippen molar-refractivity contribution in [3.05, 3.63) is 53.4 Å². The van der Waals surface area contributed by atoms with E-state index >= 15 is 0 Å². The first-order chi connectivity index (χ1) is 13.6. The Hall–Kier alpha value is -3.02. The number of ketones is 1. The number of methoxy groups -OCH3 is 3. The lowest BCUT2D eigenvalue weighted by Crippen LogP contribution is -2.19. The Morgan fingerprint density at radius 1 is 1.00 bits per heavy atom. The van der Waals surface area contributed by atoms with Crippen LogP contribution < -0.4 is 19.1 Å². The standard InChI is InChI=1S/C22H24FNO4/c1-26-20-12-15(13-21(27-2)22(20)28-3)6-9-19(25)16-7-8-18(17(23)14-16)24-10-4-5-11-24/h6-9,12-14H,4-5,10-11H2,1-3H3. The maximum absolute atomic E-state index is 14.4. The van der Waals surface area contributed by atoms with E-state index in [1.807, 2.05) is 4.90 Å². The van der Waals surface area contributed by atoms with E-state index < -0.39 is 0 Å². The highest BCUT2D eigenvalue weighted by molar-refractivity contribution is 6.07. The number of nitrogens with zero attached hydrogens (tertiary/aromatic N) is 1. The van der Waals surface area contributed by atoms with Crippen LogP contribution in [0.1, 0.15) is 28.8 Å². The van der Waals surface area contributed by atoms with Crippen LogP contribution in [-0.4, -0.2) is 40.2 Å². The third-order valence-corrected chi connectivity index (χ3v) is 4.79. The SMILES string of the molecule is COc1cc(C=CC(=O)c2ccc(N3CCCC3)c(F)c2)cc(OC)c1OC. The van der Waals surface area contributed by atoms with Crippen LogP contribution in [0.4, 0.5) is 10.1 Å². The van der Waals surface area contributed by atoms with E-state index in [1.54, 1.807) is 30.3 Å². The van der Waals surface area contributed by atoms with Gasteiger partial charge in [-0.3, -0.25) is 4.79 Å². The average molecular weight is 385 g/mol. The maximum atomic E-state index is 14.4. The molecule has 1 fully saturated rings. The molecule has 28 heavy (non-hydrogen) atoms. The van der Waals surface area contributed by atoms with Crippen molar-refractivity contribution in [2.75, 3.05) is 39.3 Å². The molecular formula is C22H24FNO4. The molecule has 0 bridgehead atoms. The third kappa shape index (κ3) is 4.11. The van der Waals surface area contributed by atoms with Gasteiger partial charge in [-0.15, -0.1) is 0 Å². The number of halogens is 1. The van der Waals surface area contributed by atoms with Gasteiger partial charge in [0, 0.05) is 18.7 Å². The normalized spacial score (nSPS) is 13.8. The van der Waals surface area contributed by atoms with Crippen molar-refractivity contribution in [2.45, 2.75) is 12.8 Å². The Morgan fingerprint density at radius 3 is 2.18 bits per heavy atom. The summed E-state index contributed by atoms with van der Waals surface area (Å²) in [5.74, 6) is 0.826. The van der Waals surface area contributed by atoms with Crippen molar-refractivity contribution in [1.82, 2.24) is 0 Å². The Balaban J connectivity index is 1.81. The average Bonchev–Trinajstić information content (AvgIpc) is 3.25. The van der Waals surface area contributed by atoms with Crippen molar-refractivity contribution >= 4 is 17.5 Å². The Labute approximate surface area is 164 Å². The fourth-order valence-electron chi connectivity index (χ4n) is 3.34. The highest BCUT2D eigenvalue weighted by atomic mass is 19.1. The zero-order chi connectivity index (χ0) is 20.1. The molecule has 0 radical (unpaired) electrons. The van der Waals surface area contributed by atoms with Gasteiger partial charge in [0.1, 0.15) is 5.82 Å². The molecule has 0 aromatic heterocycles. The van der Waals surface area contributed by atoms with E-state index in [0.29, 0.717) is 34.1 Å².